The van der Waals surface area contributed by atoms with Crippen molar-refractivity contribution in [2.75, 3.05) is 66.6 Å². The van der Waals surface area contributed by atoms with Crippen molar-refractivity contribution in [2.45, 2.75) is 18.8 Å². The summed E-state index contributed by atoms with van der Waals surface area (Å²) in [5.41, 5.74) is 2.82. The predicted octanol–water partition coefficient (Wildman–Crippen LogP) is 3.12. The molecular weight excluding hydrogens is 416 g/mol. The van der Waals surface area contributed by atoms with E-state index in [2.05, 4.69) is 69.1 Å². The fourth-order valence-corrected chi connectivity index (χ4v) is 5.60. The summed E-state index contributed by atoms with van der Waals surface area (Å²) in [4.78, 5) is 5.01. The van der Waals surface area contributed by atoms with Crippen LogP contribution in [0.1, 0.15) is 24.3 Å². The molecular formula is C22H33BrN4O. The molecule has 3 aliphatic rings. The molecule has 0 spiro atoms. The second kappa shape index (κ2) is 9.24. The molecule has 4 rings (SSSR count). The maximum Gasteiger partial charge on any atom is 0.0576 e. The highest BCUT2D eigenvalue weighted by atomic mass is 79.9. The van der Waals surface area contributed by atoms with Crippen molar-refractivity contribution in [3.05, 3.63) is 34.3 Å². The molecule has 0 bridgehead atoms. The van der Waals surface area contributed by atoms with Crippen molar-refractivity contribution < 1.29 is 4.74 Å². The van der Waals surface area contributed by atoms with E-state index in [1.807, 2.05) is 0 Å². The van der Waals surface area contributed by atoms with Crippen LogP contribution in [-0.4, -0.2) is 87.1 Å². The van der Waals surface area contributed by atoms with E-state index in [-0.39, 0.29) is 0 Å². The Morgan fingerprint density at radius 2 is 1.82 bits per heavy atom. The van der Waals surface area contributed by atoms with Crippen LogP contribution in [0.2, 0.25) is 0 Å². The highest BCUT2D eigenvalue weighted by Crippen LogP contribution is 2.43. The molecule has 0 aromatic heterocycles. The molecule has 6 heteroatoms. The number of likely N-dealkylation sites (N-methyl/N-ethyl adjacent to an activating group) is 1. The fourth-order valence-electron chi connectivity index (χ4n) is 5.05. The van der Waals surface area contributed by atoms with E-state index < -0.39 is 0 Å². The zero-order valence-corrected chi connectivity index (χ0v) is 18.8. The molecule has 3 heterocycles. The number of benzene rings is 1. The maximum atomic E-state index is 5.69. The minimum Gasteiger partial charge on any atom is -0.381 e. The van der Waals surface area contributed by atoms with Crippen LogP contribution >= 0.6 is 15.9 Å². The molecule has 5 nitrogen and oxygen atoms in total. The van der Waals surface area contributed by atoms with E-state index in [0.29, 0.717) is 17.8 Å². The number of rotatable bonds is 5. The first-order valence-electron chi connectivity index (χ1n) is 10.6. The van der Waals surface area contributed by atoms with Gasteiger partial charge < -0.3 is 9.64 Å². The summed E-state index contributed by atoms with van der Waals surface area (Å²) in [5, 5.41) is 7.17. The molecule has 154 valence electrons. The Labute approximate surface area is 177 Å². The average Bonchev–Trinajstić information content (AvgIpc) is 3.06. The van der Waals surface area contributed by atoms with Crippen LogP contribution in [0, 0.1) is 11.8 Å². The molecule has 0 radical (unpaired) electrons. The normalized spacial score (nSPS) is 26.5. The van der Waals surface area contributed by atoms with Gasteiger partial charge >= 0.3 is 0 Å². The highest BCUT2D eigenvalue weighted by Gasteiger charge is 2.39. The van der Waals surface area contributed by atoms with Crippen molar-refractivity contribution in [3.63, 3.8) is 0 Å². The van der Waals surface area contributed by atoms with E-state index >= 15 is 0 Å². The van der Waals surface area contributed by atoms with E-state index in [4.69, 9.17) is 9.84 Å². The van der Waals surface area contributed by atoms with Gasteiger partial charge in [-0.1, -0.05) is 34.1 Å². The summed E-state index contributed by atoms with van der Waals surface area (Å²) in [7, 11) is 4.35. The third kappa shape index (κ3) is 4.61. The van der Waals surface area contributed by atoms with Crippen LogP contribution in [0.25, 0.3) is 0 Å². The van der Waals surface area contributed by atoms with Crippen LogP contribution in [-0.2, 0) is 4.74 Å². The number of piperazine rings is 1. The lowest BCUT2D eigenvalue weighted by Gasteiger charge is -2.37. The summed E-state index contributed by atoms with van der Waals surface area (Å²) in [5.74, 6) is 1.63. The lowest BCUT2D eigenvalue weighted by Crippen LogP contribution is -2.47. The van der Waals surface area contributed by atoms with E-state index in [1.165, 1.54) is 15.7 Å². The zero-order chi connectivity index (χ0) is 19.5. The zero-order valence-electron chi connectivity index (χ0n) is 17.2. The molecule has 2 unspecified atom stereocenters. The van der Waals surface area contributed by atoms with Gasteiger partial charge in [0, 0.05) is 69.9 Å². The standard InChI is InChI=1S/C22H33BrN4O/c1-25-9-11-27(12-10-25)16-21-19(15-26(2)24-21)22(17-7-13-28-14-8-17)18-5-3-4-6-20(18)23/h3-6,17,19,22H,7-16H2,1-2H3. The minimum atomic E-state index is 0.478. The van der Waals surface area contributed by atoms with Gasteiger partial charge in [0.05, 0.1) is 5.71 Å². The third-order valence-corrected chi connectivity index (χ3v) is 7.36. The van der Waals surface area contributed by atoms with Crippen LogP contribution < -0.4 is 0 Å². The van der Waals surface area contributed by atoms with Crippen molar-refractivity contribution in [1.82, 2.24) is 14.8 Å². The van der Waals surface area contributed by atoms with E-state index in [1.54, 1.807) is 0 Å². The van der Waals surface area contributed by atoms with Gasteiger partial charge in [-0.25, -0.2) is 0 Å². The smallest absolute Gasteiger partial charge is 0.0576 e. The van der Waals surface area contributed by atoms with Crippen molar-refractivity contribution in [1.29, 1.82) is 0 Å². The molecule has 0 N–H and O–H groups in total. The van der Waals surface area contributed by atoms with E-state index in [0.717, 1.165) is 65.3 Å². The molecule has 28 heavy (non-hydrogen) atoms. The number of hydrogen-bond donors (Lipinski definition) is 0. The Morgan fingerprint density at radius 3 is 2.54 bits per heavy atom. The van der Waals surface area contributed by atoms with Gasteiger partial charge in [-0.15, -0.1) is 0 Å². The van der Waals surface area contributed by atoms with Gasteiger partial charge in [0.15, 0.2) is 0 Å². The van der Waals surface area contributed by atoms with Crippen LogP contribution in [0.3, 0.4) is 0 Å². The Bertz CT molecular complexity index is 683. The first kappa shape index (κ1) is 20.3. The molecule has 2 fully saturated rings. The Balaban J connectivity index is 1.59. The van der Waals surface area contributed by atoms with Gasteiger partial charge in [0.2, 0.25) is 0 Å². The highest BCUT2D eigenvalue weighted by molar-refractivity contribution is 9.10. The molecule has 0 saturated carbocycles. The molecule has 3 aliphatic heterocycles. The van der Waals surface area contributed by atoms with Gasteiger partial charge in [-0.3, -0.25) is 9.91 Å². The number of hydrogen-bond acceptors (Lipinski definition) is 5. The molecule has 0 amide bonds. The lowest BCUT2D eigenvalue weighted by molar-refractivity contribution is 0.0528. The Kier molecular flexibility index (Phi) is 6.71. The minimum absolute atomic E-state index is 0.478. The number of halogens is 1. The summed E-state index contributed by atoms with van der Waals surface area (Å²) in [6.45, 7) is 8.40. The van der Waals surface area contributed by atoms with Gasteiger partial charge in [-0.05, 0) is 43.4 Å². The van der Waals surface area contributed by atoms with Gasteiger partial charge in [-0.2, -0.15) is 5.10 Å². The number of ether oxygens (including phenoxy) is 1. The second-order valence-corrected chi connectivity index (χ2v) is 9.47. The first-order chi connectivity index (χ1) is 13.6. The van der Waals surface area contributed by atoms with Gasteiger partial charge in [0.25, 0.3) is 0 Å². The summed E-state index contributed by atoms with van der Waals surface area (Å²) in [6.07, 6.45) is 2.29. The van der Waals surface area contributed by atoms with Gasteiger partial charge in [0.1, 0.15) is 0 Å². The largest absolute Gasteiger partial charge is 0.381 e. The van der Waals surface area contributed by atoms with Crippen LogP contribution in [0.15, 0.2) is 33.8 Å². The quantitative estimate of drug-likeness (QED) is 0.692. The summed E-state index contributed by atoms with van der Waals surface area (Å²) < 4.78 is 6.93. The number of hydrazone groups is 1. The predicted molar refractivity (Wildman–Crippen MR) is 118 cm³/mol. The number of nitrogens with zero attached hydrogens (tertiary/aromatic N) is 4. The van der Waals surface area contributed by atoms with Crippen LogP contribution in [0.5, 0.6) is 0 Å². The summed E-state index contributed by atoms with van der Waals surface area (Å²) in [6, 6.07) is 8.81. The second-order valence-electron chi connectivity index (χ2n) is 8.61. The molecule has 2 atom stereocenters. The molecule has 1 aromatic rings. The fraction of sp³-hybridized carbons (Fsp3) is 0.682. The SMILES string of the molecule is CN1CCN(CC2=NN(C)CC2C(c2ccccc2Br)C2CCOCC2)CC1. The lowest BCUT2D eigenvalue weighted by atomic mass is 9.72. The molecule has 0 aliphatic carbocycles. The monoisotopic (exact) mass is 448 g/mol. The van der Waals surface area contributed by atoms with Crippen LogP contribution in [0.4, 0.5) is 0 Å². The van der Waals surface area contributed by atoms with Crippen molar-refractivity contribution in [2.24, 2.45) is 16.9 Å². The summed E-state index contributed by atoms with van der Waals surface area (Å²) >= 11 is 3.85. The molecule has 1 aromatic carbocycles. The third-order valence-electron chi connectivity index (χ3n) is 6.64. The topological polar surface area (TPSA) is 31.3 Å². The molecule has 2 saturated heterocycles. The van der Waals surface area contributed by atoms with Crippen molar-refractivity contribution in [3.8, 4) is 0 Å². The first-order valence-corrected chi connectivity index (χ1v) is 11.4. The Hall–Kier alpha value is -0.950. The maximum absolute atomic E-state index is 5.69. The van der Waals surface area contributed by atoms with E-state index in [9.17, 15) is 0 Å². The average molecular weight is 449 g/mol. The Morgan fingerprint density at radius 1 is 1.11 bits per heavy atom. The van der Waals surface area contributed by atoms with Crippen molar-refractivity contribution >= 4 is 21.6 Å².